The molecule has 0 bridgehead atoms. The van der Waals surface area contributed by atoms with Crippen LogP contribution in [0.5, 0.6) is 5.75 Å². The fraction of sp³-hybridized carbons (Fsp3) is 0.0417. The number of hydrogen-bond donors (Lipinski definition) is 4. The van der Waals surface area contributed by atoms with Gasteiger partial charge in [0.1, 0.15) is 11.4 Å². The lowest BCUT2D eigenvalue weighted by atomic mass is 10.1. The lowest BCUT2D eigenvalue weighted by Crippen LogP contribution is -2.28. The van der Waals surface area contributed by atoms with Crippen LogP contribution in [0.4, 0.5) is 0 Å². The number of phenolic OH excluding ortho intramolecular Hbond substituents is 1. The zero-order chi connectivity index (χ0) is 24.0. The van der Waals surface area contributed by atoms with Crippen LogP contribution in [0.2, 0.25) is 5.02 Å². The van der Waals surface area contributed by atoms with Gasteiger partial charge in [0.05, 0.1) is 10.6 Å². The summed E-state index contributed by atoms with van der Waals surface area (Å²) >= 11 is 9.50. The number of carbonyl (C=O) groups is 3. The quantitative estimate of drug-likeness (QED) is 0.334. The summed E-state index contributed by atoms with van der Waals surface area (Å²) in [5, 5.41) is 24.0. The molecule has 9 heteroatoms. The minimum absolute atomic E-state index is 0.00844. The van der Waals surface area contributed by atoms with Crippen molar-refractivity contribution in [3.05, 3.63) is 104 Å². The summed E-state index contributed by atoms with van der Waals surface area (Å²) < 4.78 is 0.832. The minimum atomic E-state index is -1.31. The molecule has 4 N–H and O–H groups in total. The Labute approximate surface area is 202 Å². The maximum absolute atomic E-state index is 12.6. The van der Waals surface area contributed by atoms with Crippen LogP contribution in [0.3, 0.4) is 0 Å². The normalized spacial score (nSPS) is 11.0. The van der Waals surface area contributed by atoms with E-state index in [0.29, 0.717) is 11.1 Å². The van der Waals surface area contributed by atoms with E-state index in [1.54, 1.807) is 36.4 Å². The number of benzene rings is 3. The van der Waals surface area contributed by atoms with Gasteiger partial charge in [-0.15, -0.1) is 0 Å². The Balaban J connectivity index is 1.71. The summed E-state index contributed by atoms with van der Waals surface area (Å²) in [4.78, 5) is 36.6. The van der Waals surface area contributed by atoms with Crippen molar-refractivity contribution in [3.63, 3.8) is 0 Å². The molecule has 0 saturated heterocycles. The summed E-state index contributed by atoms with van der Waals surface area (Å²) in [7, 11) is 0. The molecule has 3 rings (SSSR count). The molecule has 0 aliphatic carbocycles. The van der Waals surface area contributed by atoms with E-state index in [2.05, 4.69) is 26.6 Å². The average Bonchev–Trinajstić information content (AvgIpc) is 2.78. The molecule has 0 spiro atoms. The fourth-order valence-electron chi connectivity index (χ4n) is 2.86. The van der Waals surface area contributed by atoms with E-state index in [4.69, 9.17) is 11.6 Å². The van der Waals surface area contributed by atoms with Crippen molar-refractivity contribution in [1.82, 2.24) is 10.6 Å². The largest absolute Gasteiger partial charge is 0.508 e. The Kier molecular flexibility index (Phi) is 7.87. The first-order chi connectivity index (χ1) is 15.7. The van der Waals surface area contributed by atoms with E-state index in [1.807, 2.05) is 0 Å². The molecule has 0 atom stereocenters. The summed E-state index contributed by atoms with van der Waals surface area (Å²) in [5.74, 6) is -2.37. The van der Waals surface area contributed by atoms with Crippen molar-refractivity contribution in [2.45, 2.75) is 6.54 Å². The Hall–Kier alpha value is -3.62. The van der Waals surface area contributed by atoms with Crippen molar-refractivity contribution < 1.29 is 24.6 Å². The smallest absolute Gasteiger partial charge is 0.352 e. The van der Waals surface area contributed by atoms with Crippen LogP contribution >= 0.6 is 27.5 Å². The van der Waals surface area contributed by atoms with Crippen LogP contribution in [-0.4, -0.2) is 28.0 Å². The Bertz CT molecular complexity index is 1240. The summed E-state index contributed by atoms with van der Waals surface area (Å²) in [6.45, 7) is 0.190. The van der Waals surface area contributed by atoms with Crippen LogP contribution in [0, 0.1) is 0 Å². The third-order valence-corrected chi connectivity index (χ3v) is 5.34. The lowest BCUT2D eigenvalue weighted by molar-refractivity contribution is -0.132. The maximum atomic E-state index is 12.6. The molecule has 0 aliphatic rings. The van der Waals surface area contributed by atoms with Crippen molar-refractivity contribution in [2.75, 3.05) is 0 Å². The monoisotopic (exact) mass is 528 g/mol. The van der Waals surface area contributed by atoms with Gasteiger partial charge in [-0.2, -0.15) is 0 Å². The van der Waals surface area contributed by atoms with Crippen LogP contribution in [-0.2, 0) is 11.3 Å². The predicted octanol–water partition coefficient (Wildman–Crippen LogP) is 4.59. The van der Waals surface area contributed by atoms with Crippen molar-refractivity contribution >= 4 is 51.4 Å². The van der Waals surface area contributed by atoms with Gasteiger partial charge in [0.25, 0.3) is 11.8 Å². The predicted molar refractivity (Wildman–Crippen MR) is 128 cm³/mol. The van der Waals surface area contributed by atoms with Gasteiger partial charge in [-0.25, -0.2) is 4.79 Å². The topological polar surface area (TPSA) is 116 Å². The van der Waals surface area contributed by atoms with E-state index in [1.165, 1.54) is 36.4 Å². The van der Waals surface area contributed by atoms with Gasteiger partial charge in [0, 0.05) is 16.6 Å². The molecule has 0 aromatic heterocycles. The molecule has 168 valence electrons. The van der Waals surface area contributed by atoms with Crippen molar-refractivity contribution in [1.29, 1.82) is 0 Å². The van der Waals surface area contributed by atoms with E-state index in [0.717, 1.165) is 4.47 Å². The summed E-state index contributed by atoms with van der Waals surface area (Å²) in [6.07, 6.45) is 1.32. The van der Waals surface area contributed by atoms with E-state index in [9.17, 15) is 24.6 Å². The highest BCUT2D eigenvalue weighted by atomic mass is 79.9. The van der Waals surface area contributed by atoms with Crippen LogP contribution < -0.4 is 10.6 Å². The van der Waals surface area contributed by atoms with E-state index < -0.39 is 17.8 Å². The maximum Gasteiger partial charge on any atom is 0.352 e. The molecule has 0 radical (unpaired) electrons. The van der Waals surface area contributed by atoms with Crippen molar-refractivity contribution in [2.24, 2.45) is 0 Å². The highest BCUT2D eigenvalue weighted by Gasteiger charge is 2.17. The molecule has 0 heterocycles. The van der Waals surface area contributed by atoms with Crippen LogP contribution in [0.1, 0.15) is 31.8 Å². The number of rotatable bonds is 7. The number of carboxylic acid groups (broad SMARTS) is 1. The molecule has 3 aromatic carbocycles. The Morgan fingerprint density at radius 3 is 2.33 bits per heavy atom. The first-order valence-electron chi connectivity index (χ1n) is 9.60. The first kappa shape index (κ1) is 24.0. The Morgan fingerprint density at radius 1 is 0.970 bits per heavy atom. The minimum Gasteiger partial charge on any atom is -0.508 e. The van der Waals surface area contributed by atoms with E-state index >= 15 is 0 Å². The SMILES string of the molecule is O=C(O)/C(=C/c1ccc(Br)cc1)NC(=O)c1ccc(C(=O)NCc2cccc(O)c2)cc1Cl. The molecular formula is C24H18BrClN2O5. The van der Waals surface area contributed by atoms with Crippen LogP contribution in [0.25, 0.3) is 6.08 Å². The molecule has 0 saturated carbocycles. The number of amides is 2. The second-order valence-electron chi connectivity index (χ2n) is 6.92. The number of carbonyl (C=O) groups excluding carboxylic acids is 2. The third-order valence-electron chi connectivity index (χ3n) is 4.50. The average molecular weight is 530 g/mol. The highest BCUT2D eigenvalue weighted by molar-refractivity contribution is 9.10. The van der Waals surface area contributed by atoms with Gasteiger partial charge >= 0.3 is 5.97 Å². The van der Waals surface area contributed by atoms with E-state index in [-0.39, 0.29) is 34.1 Å². The second-order valence-corrected chi connectivity index (χ2v) is 8.24. The number of hydrogen-bond acceptors (Lipinski definition) is 4. The summed E-state index contributed by atoms with van der Waals surface area (Å²) in [6, 6.07) is 17.4. The van der Waals surface area contributed by atoms with Gasteiger partial charge in [0.2, 0.25) is 0 Å². The van der Waals surface area contributed by atoms with Gasteiger partial charge < -0.3 is 20.8 Å². The third kappa shape index (κ3) is 6.68. The highest BCUT2D eigenvalue weighted by Crippen LogP contribution is 2.19. The zero-order valence-corrected chi connectivity index (χ0v) is 19.4. The zero-order valence-electron chi connectivity index (χ0n) is 17.0. The molecule has 0 fully saturated rings. The molecular weight excluding hydrogens is 512 g/mol. The van der Waals surface area contributed by atoms with Crippen LogP contribution in [0.15, 0.2) is 76.9 Å². The summed E-state index contributed by atoms with van der Waals surface area (Å²) in [5.41, 5.74) is 1.21. The molecule has 3 aromatic rings. The number of carboxylic acids is 1. The molecule has 2 amide bonds. The van der Waals surface area contributed by atoms with Gasteiger partial charge in [0.15, 0.2) is 0 Å². The van der Waals surface area contributed by atoms with Gasteiger partial charge in [-0.05, 0) is 59.7 Å². The number of halogens is 2. The van der Waals surface area contributed by atoms with Gasteiger partial charge in [-0.3, -0.25) is 9.59 Å². The Morgan fingerprint density at radius 2 is 1.70 bits per heavy atom. The fourth-order valence-corrected chi connectivity index (χ4v) is 3.39. The standard InChI is InChI=1S/C24H18BrClN2O5/c25-17-7-4-14(5-8-17)11-21(24(32)33)28-23(31)19-9-6-16(12-20(19)26)22(30)27-13-15-2-1-3-18(29)10-15/h1-12,29H,13H2,(H,27,30)(H,28,31)(H,32,33)/b21-11-. The molecule has 33 heavy (non-hydrogen) atoms. The van der Waals surface area contributed by atoms with Crippen molar-refractivity contribution in [3.8, 4) is 5.75 Å². The first-order valence-corrected chi connectivity index (χ1v) is 10.8. The molecule has 0 unspecified atom stereocenters. The number of nitrogens with one attached hydrogen (secondary N) is 2. The lowest BCUT2D eigenvalue weighted by Gasteiger charge is -2.10. The molecule has 0 aliphatic heterocycles. The molecule has 7 nitrogen and oxygen atoms in total. The number of aliphatic carboxylic acids is 1. The van der Waals surface area contributed by atoms with Gasteiger partial charge in [-0.1, -0.05) is 51.8 Å². The number of aromatic hydroxyl groups is 1. The second kappa shape index (κ2) is 10.8. The number of phenols is 1.